The minimum atomic E-state index is -0.282. The van der Waals surface area contributed by atoms with E-state index in [4.69, 9.17) is 9.47 Å². The molecule has 1 aliphatic rings. The van der Waals surface area contributed by atoms with Crippen molar-refractivity contribution in [3.63, 3.8) is 0 Å². The number of amides is 1. The molecule has 2 N–H and O–H groups in total. The van der Waals surface area contributed by atoms with E-state index in [0.29, 0.717) is 19.8 Å². The molecular weight excluding hydrogens is 220 g/mol. The second-order valence-corrected chi connectivity index (χ2v) is 3.80. The van der Waals surface area contributed by atoms with Crippen LogP contribution in [0.1, 0.15) is 0 Å². The second kappa shape index (κ2) is 5.65. The predicted molar refractivity (Wildman–Crippen MR) is 64.2 cm³/mol. The number of ether oxygens (including phenoxy) is 2. The highest BCUT2D eigenvalue weighted by Crippen LogP contribution is 2.16. The molecule has 17 heavy (non-hydrogen) atoms. The van der Waals surface area contributed by atoms with Crippen molar-refractivity contribution in [2.75, 3.05) is 32.2 Å². The molecule has 0 radical (unpaired) electrons. The summed E-state index contributed by atoms with van der Waals surface area (Å²) in [6, 6.07) is 6.98. The van der Waals surface area contributed by atoms with Gasteiger partial charge in [0.15, 0.2) is 0 Å². The van der Waals surface area contributed by atoms with Crippen LogP contribution in [0, 0.1) is 0 Å². The van der Waals surface area contributed by atoms with E-state index < -0.39 is 0 Å². The number of methoxy groups -OCH3 is 1. The first-order chi connectivity index (χ1) is 8.29. The Hall–Kier alpha value is -1.59. The monoisotopic (exact) mass is 236 g/mol. The van der Waals surface area contributed by atoms with Gasteiger partial charge in [-0.3, -0.25) is 4.79 Å². The molecule has 1 atom stereocenters. The molecule has 92 valence electrons. The largest absolute Gasteiger partial charge is 0.497 e. The molecule has 1 fully saturated rings. The molecule has 1 aliphatic heterocycles. The summed E-state index contributed by atoms with van der Waals surface area (Å²) in [6.07, 6.45) is 0. The van der Waals surface area contributed by atoms with Crippen LogP contribution >= 0.6 is 0 Å². The lowest BCUT2D eigenvalue weighted by Gasteiger charge is -2.22. The zero-order valence-corrected chi connectivity index (χ0v) is 9.73. The fourth-order valence-electron chi connectivity index (χ4n) is 1.66. The fourth-order valence-corrected chi connectivity index (χ4v) is 1.66. The molecule has 1 unspecified atom stereocenters. The van der Waals surface area contributed by atoms with E-state index in [1.165, 1.54) is 0 Å². The number of hydrogen-bond acceptors (Lipinski definition) is 4. The first-order valence-electron chi connectivity index (χ1n) is 5.55. The van der Waals surface area contributed by atoms with Gasteiger partial charge in [0.1, 0.15) is 11.8 Å². The minimum Gasteiger partial charge on any atom is -0.497 e. The first-order valence-corrected chi connectivity index (χ1v) is 5.55. The van der Waals surface area contributed by atoms with Crippen LogP contribution in [0.5, 0.6) is 5.75 Å². The average molecular weight is 236 g/mol. The van der Waals surface area contributed by atoms with Gasteiger partial charge < -0.3 is 20.1 Å². The molecule has 5 nitrogen and oxygen atoms in total. The Bertz CT molecular complexity index is 389. The maximum Gasteiger partial charge on any atom is 0.243 e. The molecule has 1 amide bonds. The summed E-state index contributed by atoms with van der Waals surface area (Å²) in [6.45, 7) is 1.77. The molecule has 1 aromatic carbocycles. The lowest BCUT2D eigenvalue weighted by atomic mass is 10.2. The van der Waals surface area contributed by atoms with E-state index in [9.17, 15) is 4.79 Å². The fraction of sp³-hybridized carbons (Fsp3) is 0.417. The van der Waals surface area contributed by atoms with Crippen molar-refractivity contribution in [2.45, 2.75) is 6.04 Å². The van der Waals surface area contributed by atoms with Gasteiger partial charge in [-0.15, -0.1) is 0 Å². The van der Waals surface area contributed by atoms with Gasteiger partial charge in [0, 0.05) is 18.3 Å². The highest BCUT2D eigenvalue weighted by atomic mass is 16.5. The normalized spacial score (nSPS) is 19.7. The Morgan fingerprint density at radius 2 is 2.47 bits per heavy atom. The zero-order valence-electron chi connectivity index (χ0n) is 9.73. The minimum absolute atomic E-state index is 0.0852. The summed E-state index contributed by atoms with van der Waals surface area (Å²) in [5, 5.41) is 5.92. The predicted octanol–water partition coefficient (Wildman–Crippen LogP) is 0.622. The van der Waals surface area contributed by atoms with Crippen LogP contribution in [0.4, 0.5) is 5.69 Å². The molecular formula is C12H16N2O3. The molecule has 0 bridgehead atoms. The van der Waals surface area contributed by atoms with Crippen molar-refractivity contribution in [1.82, 2.24) is 5.32 Å². The van der Waals surface area contributed by atoms with Crippen LogP contribution in [-0.4, -0.2) is 38.8 Å². The van der Waals surface area contributed by atoms with Gasteiger partial charge in [-0.05, 0) is 12.1 Å². The first kappa shape index (κ1) is 11.9. The van der Waals surface area contributed by atoms with Crippen LogP contribution in [-0.2, 0) is 9.53 Å². The van der Waals surface area contributed by atoms with E-state index in [0.717, 1.165) is 11.4 Å². The highest BCUT2D eigenvalue weighted by molar-refractivity contribution is 5.95. The van der Waals surface area contributed by atoms with Crippen molar-refractivity contribution in [2.24, 2.45) is 0 Å². The lowest BCUT2D eigenvalue weighted by Crippen LogP contribution is -2.48. The third-order valence-electron chi connectivity index (χ3n) is 2.58. The smallest absolute Gasteiger partial charge is 0.243 e. The van der Waals surface area contributed by atoms with Gasteiger partial charge in [0.25, 0.3) is 0 Å². The third kappa shape index (κ3) is 3.18. The summed E-state index contributed by atoms with van der Waals surface area (Å²) in [7, 11) is 1.59. The SMILES string of the molecule is COc1cccc(NC(=O)C2COCCN2)c1. The van der Waals surface area contributed by atoms with Gasteiger partial charge in [-0.1, -0.05) is 6.07 Å². The number of carbonyl (C=O) groups excluding carboxylic acids is 1. The molecule has 0 aromatic heterocycles. The van der Waals surface area contributed by atoms with Gasteiger partial charge in [-0.25, -0.2) is 0 Å². The standard InChI is InChI=1S/C12H16N2O3/c1-16-10-4-2-3-9(7-10)14-12(15)11-8-17-6-5-13-11/h2-4,7,11,13H,5-6,8H2,1H3,(H,14,15). The third-order valence-corrected chi connectivity index (χ3v) is 2.58. The number of morpholine rings is 1. The Labute approximate surface area is 100 Å². The average Bonchev–Trinajstić information content (AvgIpc) is 2.40. The summed E-state index contributed by atoms with van der Waals surface area (Å²) in [5.41, 5.74) is 0.724. The summed E-state index contributed by atoms with van der Waals surface area (Å²) in [4.78, 5) is 11.9. The number of rotatable bonds is 3. The molecule has 1 aromatic rings. The highest BCUT2D eigenvalue weighted by Gasteiger charge is 2.21. The second-order valence-electron chi connectivity index (χ2n) is 3.80. The van der Waals surface area contributed by atoms with Crippen LogP contribution in [0.15, 0.2) is 24.3 Å². The van der Waals surface area contributed by atoms with Crippen molar-refractivity contribution in [3.05, 3.63) is 24.3 Å². The van der Waals surface area contributed by atoms with E-state index in [1.54, 1.807) is 13.2 Å². The van der Waals surface area contributed by atoms with E-state index in [1.807, 2.05) is 18.2 Å². The molecule has 0 saturated carbocycles. The van der Waals surface area contributed by atoms with Gasteiger partial charge in [0.05, 0.1) is 20.3 Å². The summed E-state index contributed by atoms with van der Waals surface area (Å²) < 4.78 is 10.3. The number of benzene rings is 1. The summed E-state index contributed by atoms with van der Waals surface area (Å²) >= 11 is 0. The molecule has 1 saturated heterocycles. The molecule has 0 spiro atoms. The number of carbonyl (C=O) groups is 1. The van der Waals surface area contributed by atoms with Crippen LogP contribution in [0.3, 0.4) is 0 Å². The van der Waals surface area contributed by atoms with Gasteiger partial charge in [0.2, 0.25) is 5.91 Å². The molecule has 0 aliphatic carbocycles. The van der Waals surface area contributed by atoms with E-state index in [2.05, 4.69) is 10.6 Å². The Morgan fingerprint density at radius 1 is 1.59 bits per heavy atom. The zero-order chi connectivity index (χ0) is 12.1. The molecule has 5 heteroatoms. The van der Waals surface area contributed by atoms with Crippen molar-refractivity contribution in [1.29, 1.82) is 0 Å². The van der Waals surface area contributed by atoms with Crippen molar-refractivity contribution < 1.29 is 14.3 Å². The van der Waals surface area contributed by atoms with E-state index >= 15 is 0 Å². The number of hydrogen-bond donors (Lipinski definition) is 2. The Balaban J connectivity index is 1.96. The summed E-state index contributed by atoms with van der Waals surface area (Å²) in [5.74, 6) is 0.633. The topological polar surface area (TPSA) is 59.6 Å². The number of nitrogens with one attached hydrogen (secondary N) is 2. The van der Waals surface area contributed by atoms with Crippen LogP contribution in [0.2, 0.25) is 0 Å². The van der Waals surface area contributed by atoms with Gasteiger partial charge >= 0.3 is 0 Å². The molecule has 2 rings (SSSR count). The maximum atomic E-state index is 11.9. The quantitative estimate of drug-likeness (QED) is 0.808. The van der Waals surface area contributed by atoms with Crippen molar-refractivity contribution in [3.8, 4) is 5.75 Å². The van der Waals surface area contributed by atoms with Crippen LogP contribution in [0.25, 0.3) is 0 Å². The maximum absolute atomic E-state index is 11.9. The molecule has 1 heterocycles. The van der Waals surface area contributed by atoms with Gasteiger partial charge in [-0.2, -0.15) is 0 Å². The Morgan fingerprint density at radius 3 is 3.18 bits per heavy atom. The number of anilines is 1. The Kier molecular flexibility index (Phi) is 3.95. The lowest BCUT2D eigenvalue weighted by molar-refractivity contribution is -0.120. The van der Waals surface area contributed by atoms with E-state index in [-0.39, 0.29) is 11.9 Å². The van der Waals surface area contributed by atoms with Crippen molar-refractivity contribution >= 4 is 11.6 Å². The van der Waals surface area contributed by atoms with Crippen LogP contribution < -0.4 is 15.4 Å².